The first kappa shape index (κ1) is 17.1. The van der Waals surface area contributed by atoms with Crippen molar-refractivity contribution in [1.82, 2.24) is 9.80 Å². The van der Waals surface area contributed by atoms with Crippen LogP contribution in [0.5, 0.6) is 0 Å². The quantitative estimate of drug-likeness (QED) is 0.774. The third-order valence-corrected chi connectivity index (χ3v) is 3.25. The summed E-state index contributed by atoms with van der Waals surface area (Å²) in [4.78, 5) is 15.6. The molecular formula is C16H22FN3O. The highest BCUT2D eigenvalue weighted by Gasteiger charge is 2.17. The van der Waals surface area contributed by atoms with Crippen molar-refractivity contribution >= 4 is 5.91 Å². The number of hydrogen-bond acceptors (Lipinski definition) is 3. The standard InChI is InChI=1S/C16H22FN3O/c1-4-20(10-13(2)9-18)16(21)12-19(3)11-14-7-5-6-8-15(14)17/h5-8,13H,4,10-12H2,1-3H3. The monoisotopic (exact) mass is 291 g/mol. The van der Waals surface area contributed by atoms with Crippen LogP contribution in [0.4, 0.5) is 4.39 Å². The Labute approximate surface area is 125 Å². The molecule has 0 fully saturated rings. The Morgan fingerprint density at radius 3 is 2.67 bits per heavy atom. The van der Waals surface area contributed by atoms with Gasteiger partial charge in [-0.3, -0.25) is 9.69 Å². The van der Waals surface area contributed by atoms with Crippen LogP contribution in [-0.2, 0) is 11.3 Å². The molecule has 0 saturated heterocycles. The smallest absolute Gasteiger partial charge is 0.236 e. The number of carbonyl (C=O) groups is 1. The summed E-state index contributed by atoms with van der Waals surface area (Å²) >= 11 is 0. The summed E-state index contributed by atoms with van der Waals surface area (Å²) in [6, 6.07) is 8.68. The lowest BCUT2D eigenvalue weighted by Crippen LogP contribution is -2.40. The van der Waals surface area contributed by atoms with Crippen molar-refractivity contribution in [2.24, 2.45) is 5.92 Å². The first-order chi connectivity index (χ1) is 9.97. The van der Waals surface area contributed by atoms with E-state index in [1.165, 1.54) is 6.07 Å². The van der Waals surface area contributed by atoms with Crippen molar-refractivity contribution in [2.75, 3.05) is 26.7 Å². The minimum atomic E-state index is -0.262. The van der Waals surface area contributed by atoms with E-state index in [-0.39, 0.29) is 24.2 Å². The Bertz CT molecular complexity index is 512. The molecule has 0 saturated carbocycles. The predicted molar refractivity (Wildman–Crippen MR) is 79.8 cm³/mol. The van der Waals surface area contributed by atoms with E-state index < -0.39 is 0 Å². The summed E-state index contributed by atoms with van der Waals surface area (Å²) in [5.74, 6) is -0.494. The normalized spacial score (nSPS) is 12.0. The van der Waals surface area contributed by atoms with Crippen molar-refractivity contribution < 1.29 is 9.18 Å². The van der Waals surface area contributed by atoms with Gasteiger partial charge in [0.2, 0.25) is 5.91 Å². The first-order valence-electron chi connectivity index (χ1n) is 7.07. The summed E-state index contributed by atoms with van der Waals surface area (Å²) in [7, 11) is 1.78. The number of halogens is 1. The summed E-state index contributed by atoms with van der Waals surface area (Å²) < 4.78 is 13.6. The van der Waals surface area contributed by atoms with Gasteiger partial charge in [0.15, 0.2) is 0 Å². The molecule has 1 amide bonds. The molecule has 0 aromatic heterocycles. The van der Waals surface area contributed by atoms with Crippen LogP contribution in [0, 0.1) is 23.1 Å². The van der Waals surface area contributed by atoms with Crippen molar-refractivity contribution in [2.45, 2.75) is 20.4 Å². The van der Waals surface area contributed by atoms with Crippen LogP contribution in [0.25, 0.3) is 0 Å². The molecule has 1 aromatic rings. The molecular weight excluding hydrogens is 269 g/mol. The molecule has 0 heterocycles. The Morgan fingerprint density at radius 2 is 2.10 bits per heavy atom. The van der Waals surface area contributed by atoms with E-state index in [1.54, 1.807) is 42.0 Å². The number of carbonyl (C=O) groups excluding carboxylic acids is 1. The van der Waals surface area contributed by atoms with Crippen LogP contribution in [0.1, 0.15) is 19.4 Å². The van der Waals surface area contributed by atoms with Crippen LogP contribution >= 0.6 is 0 Å². The summed E-state index contributed by atoms with van der Waals surface area (Å²) in [6.07, 6.45) is 0. The van der Waals surface area contributed by atoms with Gasteiger partial charge in [0.1, 0.15) is 5.82 Å². The number of nitrogens with zero attached hydrogens (tertiary/aromatic N) is 3. The summed E-state index contributed by atoms with van der Waals surface area (Å²) in [5, 5.41) is 8.83. The highest BCUT2D eigenvalue weighted by molar-refractivity contribution is 5.78. The molecule has 0 spiro atoms. The molecule has 1 rings (SSSR count). The number of benzene rings is 1. The fourth-order valence-corrected chi connectivity index (χ4v) is 2.08. The Hall–Kier alpha value is -1.93. The van der Waals surface area contributed by atoms with Crippen LogP contribution in [0.2, 0.25) is 0 Å². The molecule has 0 radical (unpaired) electrons. The van der Waals surface area contributed by atoms with E-state index >= 15 is 0 Å². The van der Waals surface area contributed by atoms with Crippen LogP contribution in [0.15, 0.2) is 24.3 Å². The Balaban J connectivity index is 2.57. The largest absolute Gasteiger partial charge is 0.341 e. The second kappa shape index (κ2) is 8.38. The maximum absolute atomic E-state index is 13.6. The zero-order valence-corrected chi connectivity index (χ0v) is 12.8. The maximum atomic E-state index is 13.6. The van der Waals surface area contributed by atoms with Gasteiger partial charge in [-0.05, 0) is 27.0 Å². The number of rotatable bonds is 7. The number of nitriles is 1. The fraction of sp³-hybridized carbons (Fsp3) is 0.500. The number of likely N-dealkylation sites (N-methyl/N-ethyl adjacent to an activating group) is 2. The maximum Gasteiger partial charge on any atom is 0.236 e. The summed E-state index contributed by atoms with van der Waals surface area (Å²) in [6.45, 7) is 5.26. The third kappa shape index (κ3) is 5.52. The van der Waals surface area contributed by atoms with E-state index in [4.69, 9.17) is 5.26 Å². The summed E-state index contributed by atoms with van der Waals surface area (Å²) in [5.41, 5.74) is 0.571. The molecule has 4 nitrogen and oxygen atoms in total. The molecule has 0 aliphatic carbocycles. The SMILES string of the molecule is CCN(CC(C)C#N)C(=O)CN(C)Cc1ccccc1F. The molecule has 1 aromatic carbocycles. The molecule has 0 N–H and O–H groups in total. The zero-order valence-electron chi connectivity index (χ0n) is 12.8. The van der Waals surface area contributed by atoms with Crippen molar-refractivity contribution in [3.8, 4) is 6.07 Å². The lowest BCUT2D eigenvalue weighted by atomic mass is 10.2. The average Bonchev–Trinajstić information content (AvgIpc) is 2.46. The highest BCUT2D eigenvalue weighted by Crippen LogP contribution is 2.09. The molecule has 5 heteroatoms. The molecule has 0 bridgehead atoms. The van der Waals surface area contributed by atoms with Crippen molar-refractivity contribution in [1.29, 1.82) is 5.26 Å². The van der Waals surface area contributed by atoms with E-state index in [9.17, 15) is 9.18 Å². The van der Waals surface area contributed by atoms with Gasteiger partial charge >= 0.3 is 0 Å². The van der Waals surface area contributed by atoms with Crippen molar-refractivity contribution in [3.05, 3.63) is 35.6 Å². The lowest BCUT2D eigenvalue weighted by Gasteiger charge is -2.25. The van der Waals surface area contributed by atoms with Gasteiger partial charge in [-0.25, -0.2) is 4.39 Å². The molecule has 1 unspecified atom stereocenters. The molecule has 0 aliphatic rings. The lowest BCUT2D eigenvalue weighted by molar-refractivity contribution is -0.132. The molecule has 0 aliphatic heterocycles. The van der Waals surface area contributed by atoms with E-state index in [0.717, 1.165) is 0 Å². The zero-order chi connectivity index (χ0) is 15.8. The van der Waals surface area contributed by atoms with Gasteiger partial charge in [0.05, 0.1) is 18.5 Å². The second-order valence-corrected chi connectivity index (χ2v) is 5.23. The van der Waals surface area contributed by atoms with Crippen LogP contribution in [-0.4, -0.2) is 42.4 Å². The van der Waals surface area contributed by atoms with E-state index in [2.05, 4.69) is 6.07 Å². The van der Waals surface area contributed by atoms with Gasteiger partial charge in [-0.1, -0.05) is 18.2 Å². The van der Waals surface area contributed by atoms with Crippen molar-refractivity contribution in [3.63, 3.8) is 0 Å². The van der Waals surface area contributed by atoms with Crippen LogP contribution < -0.4 is 0 Å². The second-order valence-electron chi connectivity index (χ2n) is 5.23. The van der Waals surface area contributed by atoms with Gasteiger partial charge < -0.3 is 4.90 Å². The number of hydrogen-bond donors (Lipinski definition) is 0. The average molecular weight is 291 g/mol. The fourth-order valence-electron chi connectivity index (χ4n) is 2.08. The minimum Gasteiger partial charge on any atom is -0.341 e. The first-order valence-corrected chi connectivity index (χ1v) is 7.07. The van der Waals surface area contributed by atoms with Gasteiger partial charge in [0, 0.05) is 25.2 Å². The highest BCUT2D eigenvalue weighted by atomic mass is 19.1. The van der Waals surface area contributed by atoms with E-state index in [1.807, 2.05) is 6.92 Å². The topological polar surface area (TPSA) is 47.3 Å². The minimum absolute atomic E-state index is 0.0431. The Kier molecular flexibility index (Phi) is 6.83. The number of amides is 1. The predicted octanol–water partition coefficient (Wildman–Crippen LogP) is 2.27. The Morgan fingerprint density at radius 1 is 1.43 bits per heavy atom. The van der Waals surface area contributed by atoms with Gasteiger partial charge in [-0.15, -0.1) is 0 Å². The third-order valence-electron chi connectivity index (χ3n) is 3.25. The van der Waals surface area contributed by atoms with Gasteiger partial charge in [-0.2, -0.15) is 5.26 Å². The molecule has 1 atom stereocenters. The van der Waals surface area contributed by atoms with Gasteiger partial charge in [0.25, 0.3) is 0 Å². The molecule has 114 valence electrons. The molecule has 21 heavy (non-hydrogen) atoms. The van der Waals surface area contributed by atoms with Crippen LogP contribution in [0.3, 0.4) is 0 Å². The van der Waals surface area contributed by atoms with E-state index in [0.29, 0.717) is 25.2 Å².